The van der Waals surface area contributed by atoms with Crippen LogP contribution in [0, 0.1) is 13.8 Å². The Labute approximate surface area is 134 Å². The Bertz CT molecular complexity index is 822. The Morgan fingerprint density at radius 2 is 1.83 bits per heavy atom. The van der Waals surface area contributed by atoms with Crippen molar-refractivity contribution in [3.63, 3.8) is 0 Å². The molecule has 0 spiro atoms. The summed E-state index contributed by atoms with van der Waals surface area (Å²) in [6, 6.07) is 15.4. The number of hydrogen-bond acceptors (Lipinski definition) is 4. The number of aromatic nitrogens is 2. The summed E-state index contributed by atoms with van der Waals surface area (Å²) in [5.74, 6) is 0.625. The van der Waals surface area contributed by atoms with Crippen molar-refractivity contribution < 1.29 is 9.32 Å². The molecule has 3 aromatic rings. The number of amides is 1. The van der Waals surface area contributed by atoms with Crippen molar-refractivity contribution in [1.29, 1.82) is 0 Å². The predicted octanol–water partition coefficient (Wildman–Crippen LogP) is 3.53. The largest absolute Gasteiger partial charge is 0.334 e. The van der Waals surface area contributed by atoms with E-state index < -0.39 is 0 Å². The van der Waals surface area contributed by atoms with E-state index >= 15 is 0 Å². The Kier molecular flexibility index (Phi) is 4.19. The Morgan fingerprint density at radius 1 is 1.09 bits per heavy atom. The van der Waals surface area contributed by atoms with Crippen LogP contribution in [-0.4, -0.2) is 16.0 Å². The van der Waals surface area contributed by atoms with Crippen molar-refractivity contribution in [1.82, 2.24) is 10.1 Å². The van der Waals surface area contributed by atoms with Gasteiger partial charge in [0, 0.05) is 11.3 Å². The van der Waals surface area contributed by atoms with Crippen molar-refractivity contribution in [2.45, 2.75) is 20.3 Å². The summed E-state index contributed by atoms with van der Waals surface area (Å²) < 4.78 is 5.26. The summed E-state index contributed by atoms with van der Waals surface area (Å²) >= 11 is 0. The third-order valence-corrected chi connectivity index (χ3v) is 3.50. The molecule has 5 nitrogen and oxygen atoms in total. The van der Waals surface area contributed by atoms with E-state index in [9.17, 15) is 4.79 Å². The van der Waals surface area contributed by atoms with E-state index in [2.05, 4.69) is 15.5 Å². The average Bonchev–Trinajstić information content (AvgIpc) is 2.98. The van der Waals surface area contributed by atoms with Gasteiger partial charge in [0.1, 0.15) is 0 Å². The SMILES string of the molecule is Cc1ccc(NC(=O)Cc2noc(-c3ccccc3C)n2)cc1. The first-order chi connectivity index (χ1) is 11.1. The van der Waals surface area contributed by atoms with E-state index in [1.807, 2.05) is 62.4 Å². The van der Waals surface area contributed by atoms with E-state index in [1.54, 1.807) is 0 Å². The zero-order valence-corrected chi connectivity index (χ0v) is 13.0. The highest BCUT2D eigenvalue weighted by atomic mass is 16.5. The predicted molar refractivity (Wildman–Crippen MR) is 88.0 cm³/mol. The smallest absolute Gasteiger partial charge is 0.258 e. The van der Waals surface area contributed by atoms with Gasteiger partial charge in [-0.25, -0.2) is 0 Å². The van der Waals surface area contributed by atoms with Crippen molar-refractivity contribution in [2.24, 2.45) is 0 Å². The maximum Gasteiger partial charge on any atom is 0.258 e. The van der Waals surface area contributed by atoms with Gasteiger partial charge in [0.25, 0.3) is 5.89 Å². The van der Waals surface area contributed by atoms with Crippen LogP contribution >= 0.6 is 0 Å². The molecule has 0 saturated carbocycles. The Morgan fingerprint density at radius 3 is 2.57 bits per heavy atom. The molecule has 5 heteroatoms. The second kappa shape index (κ2) is 6.44. The molecule has 1 heterocycles. The first kappa shape index (κ1) is 15.0. The highest BCUT2D eigenvalue weighted by Crippen LogP contribution is 2.21. The molecule has 0 saturated heterocycles. The molecule has 23 heavy (non-hydrogen) atoms. The number of nitrogens with zero attached hydrogens (tertiary/aromatic N) is 2. The molecule has 0 unspecified atom stereocenters. The lowest BCUT2D eigenvalue weighted by atomic mass is 10.1. The number of carbonyl (C=O) groups excluding carboxylic acids is 1. The molecule has 1 N–H and O–H groups in total. The van der Waals surface area contributed by atoms with E-state index in [1.165, 1.54) is 0 Å². The lowest BCUT2D eigenvalue weighted by Crippen LogP contribution is -2.15. The minimum Gasteiger partial charge on any atom is -0.334 e. The normalized spacial score (nSPS) is 10.5. The Balaban J connectivity index is 1.68. The maximum atomic E-state index is 12.0. The summed E-state index contributed by atoms with van der Waals surface area (Å²) in [6.07, 6.45) is 0.0727. The first-order valence-electron chi connectivity index (χ1n) is 7.37. The summed E-state index contributed by atoms with van der Waals surface area (Å²) in [7, 11) is 0. The monoisotopic (exact) mass is 307 g/mol. The van der Waals surface area contributed by atoms with Crippen LogP contribution < -0.4 is 5.32 Å². The van der Waals surface area contributed by atoms with Gasteiger partial charge < -0.3 is 9.84 Å². The van der Waals surface area contributed by atoms with Crippen molar-refractivity contribution in [2.75, 3.05) is 5.32 Å². The highest BCUT2D eigenvalue weighted by molar-refractivity contribution is 5.91. The molecule has 0 aliphatic rings. The van der Waals surface area contributed by atoms with Gasteiger partial charge >= 0.3 is 0 Å². The number of carbonyl (C=O) groups is 1. The van der Waals surface area contributed by atoms with Gasteiger partial charge in [-0.2, -0.15) is 4.98 Å². The summed E-state index contributed by atoms with van der Waals surface area (Å²) in [6.45, 7) is 3.97. The van der Waals surface area contributed by atoms with Gasteiger partial charge in [-0.05, 0) is 37.6 Å². The van der Waals surface area contributed by atoms with Crippen LogP contribution in [0.4, 0.5) is 5.69 Å². The van der Waals surface area contributed by atoms with Gasteiger partial charge in [0.15, 0.2) is 5.82 Å². The fourth-order valence-corrected chi connectivity index (χ4v) is 2.23. The highest BCUT2D eigenvalue weighted by Gasteiger charge is 2.13. The standard InChI is InChI=1S/C18H17N3O2/c1-12-7-9-14(10-8-12)19-17(22)11-16-20-18(23-21-16)15-6-4-3-5-13(15)2/h3-10H,11H2,1-2H3,(H,19,22). The third-order valence-electron chi connectivity index (χ3n) is 3.50. The topological polar surface area (TPSA) is 68.0 Å². The Hall–Kier alpha value is -2.95. The van der Waals surface area contributed by atoms with E-state index in [0.717, 1.165) is 22.4 Å². The summed E-state index contributed by atoms with van der Waals surface area (Å²) in [4.78, 5) is 16.3. The molecule has 3 rings (SSSR count). The lowest BCUT2D eigenvalue weighted by Gasteiger charge is -2.03. The number of nitrogens with one attached hydrogen (secondary N) is 1. The molecule has 116 valence electrons. The minimum absolute atomic E-state index is 0.0727. The van der Waals surface area contributed by atoms with Crippen LogP contribution in [0.3, 0.4) is 0 Å². The van der Waals surface area contributed by atoms with Crippen molar-refractivity contribution in [3.05, 3.63) is 65.5 Å². The molecule has 0 aliphatic carbocycles. The molecular weight excluding hydrogens is 290 g/mol. The van der Waals surface area contributed by atoms with Crippen LogP contribution in [0.2, 0.25) is 0 Å². The molecule has 0 atom stereocenters. The number of benzene rings is 2. The number of rotatable bonds is 4. The molecule has 0 radical (unpaired) electrons. The fraction of sp³-hybridized carbons (Fsp3) is 0.167. The first-order valence-corrected chi connectivity index (χ1v) is 7.37. The molecule has 0 aliphatic heterocycles. The van der Waals surface area contributed by atoms with Gasteiger partial charge in [0.2, 0.25) is 5.91 Å². The second-order valence-electron chi connectivity index (χ2n) is 5.42. The number of anilines is 1. The van der Waals surface area contributed by atoms with Gasteiger partial charge in [-0.1, -0.05) is 41.1 Å². The molecule has 0 bridgehead atoms. The van der Waals surface area contributed by atoms with Crippen LogP contribution in [0.5, 0.6) is 0 Å². The van der Waals surface area contributed by atoms with Crippen LogP contribution in [-0.2, 0) is 11.2 Å². The zero-order valence-electron chi connectivity index (χ0n) is 13.0. The van der Waals surface area contributed by atoms with Crippen LogP contribution in [0.15, 0.2) is 53.1 Å². The fourth-order valence-electron chi connectivity index (χ4n) is 2.23. The zero-order chi connectivity index (χ0) is 16.2. The van der Waals surface area contributed by atoms with Gasteiger partial charge in [-0.3, -0.25) is 4.79 Å². The maximum absolute atomic E-state index is 12.0. The number of aryl methyl sites for hydroxylation is 2. The van der Waals surface area contributed by atoms with Gasteiger partial charge in [0.05, 0.1) is 6.42 Å². The van der Waals surface area contributed by atoms with Gasteiger partial charge in [-0.15, -0.1) is 0 Å². The van der Waals surface area contributed by atoms with Crippen molar-refractivity contribution in [3.8, 4) is 11.5 Å². The summed E-state index contributed by atoms with van der Waals surface area (Å²) in [5.41, 5.74) is 3.82. The quantitative estimate of drug-likeness (QED) is 0.800. The van der Waals surface area contributed by atoms with Crippen LogP contribution in [0.25, 0.3) is 11.5 Å². The lowest BCUT2D eigenvalue weighted by molar-refractivity contribution is -0.115. The average molecular weight is 307 g/mol. The van der Waals surface area contributed by atoms with Crippen molar-refractivity contribution >= 4 is 11.6 Å². The minimum atomic E-state index is -0.175. The molecular formula is C18H17N3O2. The molecule has 0 fully saturated rings. The summed E-state index contributed by atoms with van der Waals surface area (Å²) in [5, 5.41) is 6.70. The van der Waals surface area contributed by atoms with E-state index in [0.29, 0.717) is 11.7 Å². The third kappa shape index (κ3) is 3.63. The number of hydrogen-bond donors (Lipinski definition) is 1. The van der Waals surface area contributed by atoms with Crippen LogP contribution in [0.1, 0.15) is 17.0 Å². The molecule has 1 amide bonds. The second-order valence-corrected chi connectivity index (χ2v) is 5.42. The van der Waals surface area contributed by atoms with E-state index in [-0.39, 0.29) is 12.3 Å². The molecule has 1 aromatic heterocycles. The molecule has 2 aromatic carbocycles. The van der Waals surface area contributed by atoms with E-state index in [4.69, 9.17) is 4.52 Å².